The van der Waals surface area contributed by atoms with Crippen LogP contribution in [0.3, 0.4) is 0 Å². The van der Waals surface area contributed by atoms with Gasteiger partial charge in [0.25, 0.3) is 17.4 Å². The lowest BCUT2D eigenvalue weighted by atomic mass is 10.1. The molecule has 2 N–H and O–H groups in total. The van der Waals surface area contributed by atoms with Crippen LogP contribution >= 0.6 is 11.6 Å². The zero-order valence-electron chi connectivity index (χ0n) is 18.0. The summed E-state index contributed by atoms with van der Waals surface area (Å²) in [6.07, 6.45) is 4.97. The fourth-order valence-electron chi connectivity index (χ4n) is 3.13. The molecule has 0 unspecified atom stereocenters. The predicted molar refractivity (Wildman–Crippen MR) is 121 cm³/mol. The number of pyridine rings is 1. The van der Waals surface area contributed by atoms with E-state index in [2.05, 4.69) is 20.9 Å². The molecule has 2 heterocycles. The number of nitrogens with one attached hydrogen (secondary N) is 2. The highest BCUT2D eigenvalue weighted by molar-refractivity contribution is 6.30. The Labute approximate surface area is 194 Å². The summed E-state index contributed by atoms with van der Waals surface area (Å²) in [5.74, 6) is -0.179. The first-order valence-corrected chi connectivity index (χ1v) is 11.0. The van der Waals surface area contributed by atoms with E-state index in [-0.39, 0.29) is 42.3 Å². The molecule has 2 aromatic heterocycles. The van der Waals surface area contributed by atoms with E-state index in [4.69, 9.17) is 16.3 Å². The third-order valence-corrected chi connectivity index (χ3v) is 5.21. The summed E-state index contributed by atoms with van der Waals surface area (Å²) in [5, 5.41) is 14.1. The lowest BCUT2D eigenvalue weighted by molar-refractivity contribution is 0.0941. The number of amides is 2. The minimum Gasteiger partial charge on any atom is -0.489 e. The highest BCUT2D eigenvalue weighted by atomic mass is 35.5. The van der Waals surface area contributed by atoms with Crippen molar-refractivity contribution in [1.82, 2.24) is 30.2 Å². The molecule has 1 fully saturated rings. The Bertz CT molecular complexity index is 1230. The number of aromatic nitrogens is 4. The van der Waals surface area contributed by atoms with Crippen LogP contribution < -0.4 is 20.9 Å². The second-order valence-corrected chi connectivity index (χ2v) is 8.00. The van der Waals surface area contributed by atoms with Crippen LogP contribution in [0.1, 0.15) is 40.6 Å². The topological polar surface area (TPSA) is 120 Å². The van der Waals surface area contributed by atoms with E-state index in [1.165, 1.54) is 33.8 Å². The molecule has 0 aliphatic heterocycles. The molecule has 3 aromatic rings. The number of nitrogens with zero attached hydrogens (tertiary/aromatic N) is 4. The molecule has 1 saturated carbocycles. The minimum absolute atomic E-state index is 0.135. The SMILES string of the molecule is CCNC(=O)c1ccc(-n2cc(C(=O)NC3CC3)nn2)c(OCCn2cc(Cl)ccc2=O)c1. The van der Waals surface area contributed by atoms with Gasteiger partial charge in [-0.05, 0) is 44.0 Å². The van der Waals surface area contributed by atoms with Crippen molar-refractivity contribution < 1.29 is 14.3 Å². The lowest BCUT2D eigenvalue weighted by Crippen LogP contribution is -2.25. The van der Waals surface area contributed by atoms with Crippen LogP contribution in [0.4, 0.5) is 0 Å². The molecule has 172 valence electrons. The number of benzene rings is 1. The number of carbonyl (C=O) groups excluding carboxylic acids is 2. The third-order valence-electron chi connectivity index (χ3n) is 4.98. The van der Waals surface area contributed by atoms with Crippen LogP contribution in [-0.4, -0.2) is 50.6 Å². The first-order valence-electron chi connectivity index (χ1n) is 10.6. The monoisotopic (exact) mass is 470 g/mol. The normalized spacial score (nSPS) is 12.9. The zero-order valence-corrected chi connectivity index (χ0v) is 18.7. The van der Waals surface area contributed by atoms with Crippen LogP contribution in [0.25, 0.3) is 5.69 Å². The molecule has 33 heavy (non-hydrogen) atoms. The fourth-order valence-corrected chi connectivity index (χ4v) is 3.31. The fraction of sp³-hybridized carbons (Fsp3) is 0.318. The van der Waals surface area contributed by atoms with Crippen LogP contribution in [-0.2, 0) is 6.54 Å². The summed E-state index contributed by atoms with van der Waals surface area (Å²) in [7, 11) is 0. The molecule has 11 heteroatoms. The van der Waals surface area contributed by atoms with Gasteiger partial charge in [0.05, 0.1) is 17.8 Å². The van der Waals surface area contributed by atoms with E-state index >= 15 is 0 Å². The van der Waals surface area contributed by atoms with Gasteiger partial charge >= 0.3 is 0 Å². The highest BCUT2D eigenvalue weighted by Gasteiger charge is 2.25. The van der Waals surface area contributed by atoms with Gasteiger partial charge in [-0.2, -0.15) is 0 Å². The number of halogens is 1. The molecule has 4 rings (SSSR count). The summed E-state index contributed by atoms with van der Waals surface area (Å²) in [4.78, 5) is 36.6. The van der Waals surface area contributed by atoms with E-state index in [0.29, 0.717) is 28.6 Å². The quantitative estimate of drug-likeness (QED) is 0.492. The minimum atomic E-state index is -0.287. The zero-order chi connectivity index (χ0) is 23.4. The maximum absolute atomic E-state index is 12.3. The second kappa shape index (κ2) is 9.86. The summed E-state index contributed by atoms with van der Waals surface area (Å²) >= 11 is 5.97. The molecule has 1 aromatic carbocycles. The molecule has 0 spiro atoms. The summed E-state index contributed by atoms with van der Waals surface area (Å²) < 4.78 is 8.79. The van der Waals surface area contributed by atoms with Crippen molar-refractivity contribution in [2.45, 2.75) is 32.4 Å². The first kappa shape index (κ1) is 22.5. The standard InChI is InChI=1S/C22H23ClN6O4/c1-2-24-21(31)14-3-7-18(29-13-17(26-27-29)22(32)25-16-5-6-16)19(11-14)33-10-9-28-12-15(23)4-8-20(28)30/h3-4,7-8,11-13,16H,2,5-6,9-10H2,1H3,(H,24,31)(H,25,32). The number of rotatable bonds is 9. The Morgan fingerprint density at radius 2 is 2.00 bits per heavy atom. The van der Waals surface area contributed by atoms with Gasteiger partial charge < -0.3 is 19.9 Å². The number of carbonyl (C=O) groups is 2. The van der Waals surface area contributed by atoms with Gasteiger partial charge in [-0.3, -0.25) is 14.4 Å². The molecule has 0 bridgehead atoms. The number of ether oxygens (including phenoxy) is 1. The molecule has 0 atom stereocenters. The average Bonchev–Trinajstić information content (AvgIpc) is 3.47. The smallest absolute Gasteiger partial charge is 0.273 e. The summed E-state index contributed by atoms with van der Waals surface area (Å²) in [5.41, 5.74) is 0.884. The van der Waals surface area contributed by atoms with Gasteiger partial charge in [0.2, 0.25) is 0 Å². The Balaban J connectivity index is 1.57. The summed E-state index contributed by atoms with van der Waals surface area (Å²) in [6.45, 7) is 2.69. The number of hydrogen-bond donors (Lipinski definition) is 2. The van der Waals surface area contributed by atoms with Crippen molar-refractivity contribution in [3.05, 3.63) is 69.4 Å². The number of hydrogen-bond acceptors (Lipinski definition) is 6. The van der Waals surface area contributed by atoms with E-state index in [1.807, 2.05) is 6.92 Å². The van der Waals surface area contributed by atoms with Crippen molar-refractivity contribution in [2.75, 3.05) is 13.2 Å². The van der Waals surface area contributed by atoms with Crippen molar-refractivity contribution >= 4 is 23.4 Å². The van der Waals surface area contributed by atoms with Gasteiger partial charge in [-0.15, -0.1) is 5.10 Å². The van der Waals surface area contributed by atoms with Crippen molar-refractivity contribution in [3.63, 3.8) is 0 Å². The van der Waals surface area contributed by atoms with Crippen LogP contribution in [0, 0.1) is 0 Å². The van der Waals surface area contributed by atoms with Gasteiger partial charge in [0, 0.05) is 30.4 Å². The van der Waals surface area contributed by atoms with E-state index < -0.39 is 0 Å². The molecule has 0 saturated heterocycles. The third kappa shape index (κ3) is 5.58. The maximum Gasteiger partial charge on any atom is 0.273 e. The molecule has 0 radical (unpaired) electrons. The van der Waals surface area contributed by atoms with E-state index in [9.17, 15) is 14.4 Å². The Hall–Kier alpha value is -3.66. The Morgan fingerprint density at radius 1 is 1.18 bits per heavy atom. The maximum atomic E-state index is 12.3. The highest BCUT2D eigenvalue weighted by Crippen LogP contribution is 2.25. The molecule has 1 aliphatic rings. The van der Waals surface area contributed by atoms with Crippen LogP contribution in [0.2, 0.25) is 5.02 Å². The molecule has 2 amide bonds. The molecule has 1 aliphatic carbocycles. The summed E-state index contributed by atoms with van der Waals surface area (Å²) in [6, 6.07) is 8.01. The van der Waals surface area contributed by atoms with E-state index in [1.54, 1.807) is 18.2 Å². The van der Waals surface area contributed by atoms with E-state index in [0.717, 1.165) is 12.8 Å². The van der Waals surface area contributed by atoms with Crippen molar-refractivity contribution in [3.8, 4) is 11.4 Å². The lowest BCUT2D eigenvalue weighted by Gasteiger charge is -2.14. The predicted octanol–water partition coefficient (Wildman–Crippen LogP) is 1.80. The van der Waals surface area contributed by atoms with Gasteiger partial charge in [0.1, 0.15) is 18.0 Å². The van der Waals surface area contributed by atoms with Gasteiger partial charge in [0.15, 0.2) is 5.69 Å². The molecular weight excluding hydrogens is 448 g/mol. The van der Waals surface area contributed by atoms with Crippen molar-refractivity contribution in [2.24, 2.45) is 0 Å². The Kier molecular flexibility index (Phi) is 6.74. The van der Waals surface area contributed by atoms with Gasteiger partial charge in [-0.1, -0.05) is 16.8 Å². The first-order chi connectivity index (χ1) is 15.9. The van der Waals surface area contributed by atoms with Crippen LogP contribution in [0.5, 0.6) is 5.75 Å². The average molecular weight is 471 g/mol. The second-order valence-electron chi connectivity index (χ2n) is 7.57. The molecular formula is C22H23ClN6O4. The Morgan fingerprint density at radius 3 is 2.76 bits per heavy atom. The van der Waals surface area contributed by atoms with Gasteiger partial charge in [-0.25, -0.2) is 4.68 Å². The van der Waals surface area contributed by atoms with Crippen molar-refractivity contribution in [1.29, 1.82) is 0 Å². The molecule has 10 nitrogen and oxygen atoms in total. The van der Waals surface area contributed by atoms with Crippen LogP contribution in [0.15, 0.2) is 47.5 Å². The largest absolute Gasteiger partial charge is 0.489 e.